The Bertz CT molecular complexity index is 1180. The molecule has 0 aliphatic heterocycles. The number of carboxylic acids is 1. The van der Waals surface area contributed by atoms with Gasteiger partial charge in [-0.1, -0.05) is 48.5 Å². The van der Waals surface area contributed by atoms with E-state index in [2.05, 4.69) is 5.32 Å². The summed E-state index contributed by atoms with van der Waals surface area (Å²) in [5, 5.41) is 23.5. The van der Waals surface area contributed by atoms with E-state index < -0.39 is 28.8 Å². The van der Waals surface area contributed by atoms with Gasteiger partial charge in [-0.25, -0.2) is 4.79 Å². The minimum Gasteiger partial charge on any atom is -0.496 e. The molecule has 0 unspecified atom stereocenters. The predicted molar refractivity (Wildman–Crippen MR) is 117 cm³/mol. The Hall–Kier alpha value is -4.20. The zero-order valence-corrected chi connectivity index (χ0v) is 17.1. The third kappa shape index (κ3) is 3.78. The first-order chi connectivity index (χ1) is 15.4. The lowest BCUT2D eigenvalue weighted by atomic mass is 9.95. The SMILES string of the molecule is COc1ccc([N+](=O)[O-])cc1C[C@H](NC(=O)C1c2ccccc2-c2ccccc21)C(=O)O. The lowest BCUT2D eigenvalue weighted by Crippen LogP contribution is -2.44. The van der Waals surface area contributed by atoms with Crippen molar-refractivity contribution >= 4 is 17.6 Å². The number of nitro benzene ring substituents is 1. The molecule has 1 amide bonds. The summed E-state index contributed by atoms with van der Waals surface area (Å²) in [5.74, 6) is -2.02. The van der Waals surface area contributed by atoms with Crippen LogP contribution >= 0.6 is 0 Å². The van der Waals surface area contributed by atoms with Gasteiger partial charge >= 0.3 is 5.97 Å². The van der Waals surface area contributed by atoms with E-state index in [1.165, 1.54) is 25.3 Å². The zero-order chi connectivity index (χ0) is 22.8. The highest BCUT2D eigenvalue weighted by Gasteiger charge is 2.35. The van der Waals surface area contributed by atoms with Gasteiger partial charge in [0.2, 0.25) is 5.91 Å². The molecule has 3 aromatic carbocycles. The maximum Gasteiger partial charge on any atom is 0.326 e. The summed E-state index contributed by atoms with van der Waals surface area (Å²) >= 11 is 0. The van der Waals surface area contributed by atoms with Gasteiger partial charge in [-0.2, -0.15) is 0 Å². The van der Waals surface area contributed by atoms with Crippen LogP contribution in [0.3, 0.4) is 0 Å². The van der Waals surface area contributed by atoms with Crippen LogP contribution in [0.2, 0.25) is 0 Å². The summed E-state index contributed by atoms with van der Waals surface area (Å²) < 4.78 is 5.23. The normalized spacial score (nSPS) is 13.0. The van der Waals surface area contributed by atoms with E-state index >= 15 is 0 Å². The topological polar surface area (TPSA) is 119 Å². The zero-order valence-electron chi connectivity index (χ0n) is 17.1. The number of hydrogen-bond acceptors (Lipinski definition) is 5. The molecule has 1 aliphatic rings. The number of hydrogen-bond donors (Lipinski definition) is 2. The smallest absolute Gasteiger partial charge is 0.326 e. The molecule has 4 rings (SSSR count). The van der Waals surface area contributed by atoms with E-state index in [0.717, 1.165) is 22.3 Å². The maximum absolute atomic E-state index is 13.3. The number of non-ortho nitro benzene ring substituents is 1. The van der Waals surface area contributed by atoms with Crippen molar-refractivity contribution in [3.63, 3.8) is 0 Å². The van der Waals surface area contributed by atoms with Gasteiger partial charge in [0.1, 0.15) is 11.8 Å². The molecule has 0 heterocycles. The molecule has 0 aromatic heterocycles. The summed E-state index contributed by atoms with van der Waals surface area (Å²) in [4.78, 5) is 35.8. The number of methoxy groups -OCH3 is 1. The molecule has 32 heavy (non-hydrogen) atoms. The van der Waals surface area contributed by atoms with E-state index in [-0.39, 0.29) is 12.1 Å². The van der Waals surface area contributed by atoms with Crippen LogP contribution < -0.4 is 10.1 Å². The third-order valence-corrected chi connectivity index (χ3v) is 5.61. The van der Waals surface area contributed by atoms with Crippen LogP contribution in [0.4, 0.5) is 5.69 Å². The van der Waals surface area contributed by atoms with Crippen LogP contribution in [0.25, 0.3) is 11.1 Å². The van der Waals surface area contributed by atoms with E-state index in [1.54, 1.807) is 0 Å². The quantitative estimate of drug-likeness (QED) is 0.436. The lowest BCUT2D eigenvalue weighted by molar-refractivity contribution is -0.384. The second-order valence-electron chi connectivity index (χ2n) is 7.46. The van der Waals surface area contributed by atoms with Crippen LogP contribution in [0, 0.1) is 10.1 Å². The highest BCUT2D eigenvalue weighted by molar-refractivity contribution is 5.97. The first kappa shape index (κ1) is 21.0. The summed E-state index contributed by atoms with van der Waals surface area (Å²) in [6.07, 6.45) is -0.165. The van der Waals surface area contributed by atoms with Crippen molar-refractivity contribution in [1.82, 2.24) is 5.32 Å². The van der Waals surface area contributed by atoms with Crippen molar-refractivity contribution in [2.45, 2.75) is 18.4 Å². The Labute approximate surface area is 183 Å². The number of benzene rings is 3. The van der Waals surface area contributed by atoms with Gasteiger partial charge in [-0.3, -0.25) is 14.9 Å². The van der Waals surface area contributed by atoms with Crippen molar-refractivity contribution in [3.05, 3.63) is 93.5 Å². The Morgan fingerprint density at radius 1 is 1.06 bits per heavy atom. The molecule has 0 fully saturated rings. The van der Waals surface area contributed by atoms with Crippen molar-refractivity contribution in [2.24, 2.45) is 0 Å². The van der Waals surface area contributed by atoms with E-state index in [4.69, 9.17) is 4.74 Å². The fourth-order valence-corrected chi connectivity index (χ4v) is 4.15. The first-order valence-electron chi connectivity index (χ1n) is 9.93. The number of carboxylic acid groups (broad SMARTS) is 1. The predicted octanol–water partition coefficient (Wildman–Crippen LogP) is 3.53. The molecule has 2 N–H and O–H groups in total. The van der Waals surface area contributed by atoms with Gasteiger partial charge in [0.25, 0.3) is 5.69 Å². The van der Waals surface area contributed by atoms with Crippen LogP contribution in [0.15, 0.2) is 66.7 Å². The van der Waals surface area contributed by atoms with Crippen molar-refractivity contribution in [1.29, 1.82) is 0 Å². The largest absolute Gasteiger partial charge is 0.496 e. The molecule has 8 heteroatoms. The molecule has 3 aromatic rings. The van der Waals surface area contributed by atoms with E-state index in [9.17, 15) is 24.8 Å². The Morgan fingerprint density at radius 3 is 2.19 bits per heavy atom. The van der Waals surface area contributed by atoms with Crippen molar-refractivity contribution in [3.8, 4) is 16.9 Å². The Morgan fingerprint density at radius 2 is 1.66 bits per heavy atom. The van der Waals surface area contributed by atoms with Crippen LogP contribution in [0.5, 0.6) is 5.75 Å². The van der Waals surface area contributed by atoms with Crippen molar-refractivity contribution in [2.75, 3.05) is 7.11 Å². The second-order valence-corrected chi connectivity index (χ2v) is 7.46. The molecular formula is C24H20N2O6. The number of nitrogens with zero attached hydrogens (tertiary/aromatic N) is 1. The molecule has 0 bridgehead atoms. The monoisotopic (exact) mass is 432 g/mol. The number of aliphatic carboxylic acids is 1. The summed E-state index contributed by atoms with van der Waals surface area (Å²) in [5.41, 5.74) is 3.63. The maximum atomic E-state index is 13.3. The number of carbonyl (C=O) groups is 2. The van der Waals surface area contributed by atoms with Gasteiger partial charge in [0.15, 0.2) is 0 Å². The summed E-state index contributed by atoms with van der Waals surface area (Å²) in [6, 6.07) is 17.7. The summed E-state index contributed by atoms with van der Waals surface area (Å²) in [7, 11) is 1.39. The number of ether oxygens (including phenoxy) is 1. The molecule has 0 spiro atoms. The van der Waals surface area contributed by atoms with Gasteiger partial charge in [-0.05, 0) is 28.3 Å². The number of amides is 1. The molecule has 8 nitrogen and oxygen atoms in total. The number of carbonyl (C=O) groups excluding carboxylic acids is 1. The molecule has 0 radical (unpaired) electrons. The average molecular weight is 432 g/mol. The Balaban J connectivity index is 1.64. The number of nitro groups is 1. The van der Waals surface area contributed by atoms with Crippen LogP contribution in [0.1, 0.15) is 22.6 Å². The number of rotatable bonds is 7. The molecule has 162 valence electrons. The third-order valence-electron chi connectivity index (χ3n) is 5.61. The minimum atomic E-state index is -1.29. The Kier molecular flexibility index (Phi) is 5.59. The van der Waals surface area contributed by atoms with Gasteiger partial charge in [0.05, 0.1) is 18.0 Å². The molecular weight excluding hydrogens is 412 g/mol. The highest BCUT2D eigenvalue weighted by atomic mass is 16.6. The molecule has 0 saturated heterocycles. The molecule has 1 atom stereocenters. The fraction of sp³-hybridized carbons (Fsp3) is 0.167. The first-order valence-corrected chi connectivity index (χ1v) is 9.93. The average Bonchev–Trinajstić information content (AvgIpc) is 3.13. The van der Waals surface area contributed by atoms with Gasteiger partial charge < -0.3 is 15.2 Å². The highest BCUT2D eigenvalue weighted by Crippen LogP contribution is 2.44. The van der Waals surface area contributed by atoms with E-state index in [1.807, 2.05) is 48.5 Å². The van der Waals surface area contributed by atoms with Crippen LogP contribution in [-0.2, 0) is 16.0 Å². The molecule has 0 saturated carbocycles. The standard InChI is InChI=1S/C24H20N2O6/c1-32-21-11-10-15(26(30)31)12-14(21)13-20(24(28)29)25-23(27)22-18-8-4-2-6-16(18)17-7-3-5-9-19(17)22/h2-12,20,22H,13H2,1H3,(H,25,27)(H,28,29)/t20-/m0/s1. The number of fused-ring (bicyclic) bond motifs is 3. The second kappa shape index (κ2) is 8.50. The van der Waals surface area contributed by atoms with Crippen molar-refractivity contribution < 1.29 is 24.4 Å². The lowest BCUT2D eigenvalue weighted by Gasteiger charge is -2.20. The van der Waals surface area contributed by atoms with Gasteiger partial charge in [0, 0.05) is 24.1 Å². The fourth-order valence-electron chi connectivity index (χ4n) is 4.15. The summed E-state index contributed by atoms with van der Waals surface area (Å²) in [6.45, 7) is 0. The van der Waals surface area contributed by atoms with Gasteiger partial charge in [-0.15, -0.1) is 0 Å². The van der Waals surface area contributed by atoms with E-state index in [0.29, 0.717) is 11.3 Å². The van der Waals surface area contributed by atoms with Crippen LogP contribution in [-0.4, -0.2) is 35.1 Å². The molecule has 1 aliphatic carbocycles. The minimum absolute atomic E-state index is 0.165. The number of nitrogens with one attached hydrogen (secondary N) is 1.